The molecular formula is C28H25N3O5. The number of ether oxygens (including phenoxy) is 3. The number of fused-ring (bicyclic) bond motifs is 1. The van der Waals surface area contributed by atoms with Crippen molar-refractivity contribution in [2.75, 3.05) is 19.5 Å². The van der Waals surface area contributed by atoms with Gasteiger partial charge in [-0.3, -0.25) is 4.79 Å². The molecular weight excluding hydrogens is 458 g/mol. The maximum atomic E-state index is 12.8. The minimum atomic E-state index is -0.383. The molecule has 0 saturated heterocycles. The number of nitrogens with zero attached hydrogens (tertiary/aromatic N) is 2. The zero-order chi connectivity index (χ0) is 24.9. The Bertz CT molecular complexity index is 1500. The van der Waals surface area contributed by atoms with E-state index in [0.29, 0.717) is 29.6 Å². The molecule has 0 saturated carbocycles. The SMILES string of the molecule is COc1cccc(Cn2nccc2NC(=O)c2ccc(COc3ccc4ccccc4c3)o2)c1OC. The molecule has 0 bridgehead atoms. The highest BCUT2D eigenvalue weighted by Crippen LogP contribution is 2.31. The van der Waals surface area contributed by atoms with E-state index in [9.17, 15) is 4.79 Å². The van der Waals surface area contributed by atoms with Crippen LogP contribution in [0.25, 0.3) is 10.8 Å². The van der Waals surface area contributed by atoms with Gasteiger partial charge >= 0.3 is 0 Å². The number of nitrogens with one attached hydrogen (secondary N) is 1. The van der Waals surface area contributed by atoms with Crippen molar-refractivity contribution in [1.82, 2.24) is 9.78 Å². The third-order valence-corrected chi connectivity index (χ3v) is 5.75. The quantitative estimate of drug-likeness (QED) is 0.297. The Morgan fingerprint density at radius 1 is 0.944 bits per heavy atom. The van der Waals surface area contributed by atoms with Gasteiger partial charge in [0.15, 0.2) is 17.3 Å². The molecule has 36 heavy (non-hydrogen) atoms. The molecule has 0 atom stereocenters. The Balaban J connectivity index is 1.24. The molecule has 3 aromatic carbocycles. The Morgan fingerprint density at radius 3 is 2.64 bits per heavy atom. The van der Waals surface area contributed by atoms with Gasteiger partial charge in [-0.15, -0.1) is 0 Å². The van der Waals surface area contributed by atoms with Gasteiger partial charge in [-0.1, -0.05) is 42.5 Å². The number of carbonyl (C=O) groups excluding carboxylic acids is 1. The first-order valence-electron chi connectivity index (χ1n) is 11.4. The number of rotatable bonds is 9. The van der Waals surface area contributed by atoms with E-state index in [4.69, 9.17) is 18.6 Å². The van der Waals surface area contributed by atoms with Crippen LogP contribution in [0.3, 0.4) is 0 Å². The Labute approximate surface area is 208 Å². The summed E-state index contributed by atoms with van der Waals surface area (Å²) in [6.07, 6.45) is 1.62. The minimum absolute atomic E-state index is 0.179. The molecule has 2 aromatic heterocycles. The molecule has 8 nitrogen and oxygen atoms in total. The fourth-order valence-electron chi connectivity index (χ4n) is 3.97. The first-order valence-corrected chi connectivity index (χ1v) is 11.4. The lowest BCUT2D eigenvalue weighted by Gasteiger charge is -2.14. The van der Waals surface area contributed by atoms with E-state index in [1.165, 1.54) is 0 Å². The summed E-state index contributed by atoms with van der Waals surface area (Å²) in [5.74, 6) is 2.84. The van der Waals surface area contributed by atoms with Crippen LogP contribution in [-0.4, -0.2) is 29.9 Å². The van der Waals surface area contributed by atoms with Crippen LogP contribution in [0.15, 0.2) is 89.5 Å². The van der Waals surface area contributed by atoms with E-state index in [2.05, 4.69) is 16.5 Å². The van der Waals surface area contributed by atoms with Crippen molar-refractivity contribution in [3.63, 3.8) is 0 Å². The Morgan fingerprint density at radius 2 is 1.81 bits per heavy atom. The zero-order valence-corrected chi connectivity index (χ0v) is 19.9. The van der Waals surface area contributed by atoms with E-state index in [0.717, 1.165) is 22.1 Å². The van der Waals surface area contributed by atoms with Crippen molar-refractivity contribution in [2.45, 2.75) is 13.2 Å². The molecule has 5 rings (SSSR count). The summed E-state index contributed by atoms with van der Waals surface area (Å²) < 4.78 is 24.1. The molecule has 182 valence electrons. The summed E-state index contributed by atoms with van der Waals surface area (Å²) in [6.45, 7) is 0.588. The molecule has 1 N–H and O–H groups in total. The number of aromatic nitrogens is 2. The van der Waals surface area contributed by atoms with Crippen molar-refractivity contribution >= 4 is 22.5 Å². The van der Waals surface area contributed by atoms with Gasteiger partial charge in [-0.05, 0) is 41.1 Å². The van der Waals surface area contributed by atoms with Crippen molar-refractivity contribution in [2.24, 2.45) is 0 Å². The minimum Gasteiger partial charge on any atom is -0.493 e. The molecule has 0 spiro atoms. The summed E-state index contributed by atoms with van der Waals surface area (Å²) in [5, 5.41) is 9.43. The van der Waals surface area contributed by atoms with Gasteiger partial charge in [-0.25, -0.2) is 4.68 Å². The van der Waals surface area contributed by atoms with Gasteiger partial charge < -0.3 is 23.9 Å². The number of amides is 1. The topological polar surface area (TPSA) is 87.8 Å². The summed E-state index contributed by atoms with van der Waals surface area (Å²) in [4.78, 5) is 12.8. The molecule has 1 amide bonds. The van der Waals surface area contributed by atoms with Crippen LogP contribution in [0.2, 0.25) is 0 Å². The summed E-state index contributed by atoms with van der Waals surface area (Å²) in [7, 11) is 3.18. The van der Waals surface area contributed by atoms with E-state index >= 15 is 0 Å². The molecule has 0 unspecified atom stereocenters. The summed E-state index contributed by atoms with van der Waals surface area (Å²) in [5.41, 5.74) is 0.863. The highest BCUT2D eigenvalue weighted by molar-refractivity contribution is 6.01. The molecule has 5 aromatic rings. The Kier molecular flexibility index (Phi) is 6.57. The van der Waals surface area contributed by atoms with Crippen LogP contribution in [0.4, 0.5) is 5.82 Å². The van der Waals surface area contributed by atoms with Crippen LogP contribution in [-0.2, 0) is 13.2 Å². The number of hydrogen-bond acceptors (Lipinski definition) is 6. The number of benzene rings is 3. The second-order valence-electron chi connectivity index (χ2n) is 8.04. The fraction of sp³-hybridized carbons (Fsp3) is 0.143. The van der Waals surface area contributed by atoms with Gasteiger partial charge in [0, 0.05) is 11.6 Å². The number of methoxy groups -OCH3 is 2. The van der Waals surface area contributed by atoms with Crippen molar-refractivity contribution in [1.29, 1.82) is 0 Å². The van der Waals surface area contributed by atoms with Gasteiger partial charge in [0.25, 0.3) is 5.91 Å². The molecule has 0 aliphatic carbocycles. The van der Waals surface area contributed by atoms with Crippen molar-refractivity contribution in [3.8, 4) is 17.2 Å². The molecule has 8 heteroatoms. The van der Waals surface area contributed by atoms with Crippen LogP contribution in [0.1, 0.15) is 21.9 Å². The highest BCUT2D eigenvalue weighted by Gasteiger charge is 2.16. The van der Waals surface area contributed by atoms with Gasteiger partial charge in [0.1, 0.15) is 23.9 Å². The Hall–Kier alpha value is -4.72. The number of anilines is 1. The third kappa shape index (κ3) is 4.88. The normalized spacial score (nSPS) is 10.8. The first-order chi connectivity index (χ1) is 17.6. The molecule has 0 radical (unpaired) electrons. The van der Waals surface area contributed by atoms with Crippen LogP contribution in [0, 0.1) is 0 Å². The number of furan rings is 1. The van der Waals surface area contributed by atoms with Crippen LogP contribution >= 0.6 is 0 Å². The van der Waals surface area contributed by atoms with Crippen LogP contribution < -0.4 is 19.5 Å². The molecule has 2 heterocycles. The average Bonchev–Trinajstić information content (AvgIpc) is 3.57. The largest absolute Gasteiger partial charge is 0.493 e. The van der Waals surface area contributed by atoms with Gasteiger partial charge in [0.05, 0.1) is 27.0 Å². The summed E-state index contributed by atoms with van der Waals surface area (Å²) in [6, 6.07) is 24.7. The lowest BCUT2D eigenvalue weighted by Crippen LogP contribution is -2.16. The van der Waals surface area contributed by atoms with Gasteiger partial charge in [0.2, 0.25) is 0 Å². The molecule has 0 aliphatic heterocycles. The van der Waals surface area contributed by atoms with Crippen LogP contribution in [0.5, 0.6) is 17.2 Å². The van der Waals surface area contributed by atoms with Crippen molar-refractivity contribution < 1.29 is 23.4 Å². The van der Waals surface area contributed by atoms with E-state index in [1.54, 1.807) is 43.3 Å². The highest BCUT2D eigenvalue weighted by atomic mass is 16.5. The smallest absolute Gasteiger partial charge is 0.292 e. The zero-order valence-electron chi connectivity index (χ0n) is 19.9. The first kappa shape index (κ1) is 23.0. The lowest BCUT2D eigenvalue weighted by molar-refractivity contribution is 0.0991. The lowest BCUT2D eigenvalue weighted by atomic mass is 10.1. The summed E-state index contributed by atoms with van der Waals surface area (Å²) >= 11 is 0. The monoisotopic (exact) mass is 483 g/mol. The van der Waals surface area contributed by atoms with E-state index < -0.39 is 0 Å². The van der Waals surface area contributed by atoms with Crippen molar-refractivity contribution in [3.05, 3.63) is 102 Å². The maximum absolute atomic E-state index is 12.8. The second kappa shape index (κ2) is 10.3. The number of hydrogen-bond donors (Lipinski definition) is 1. The average molecular weight is 484 g/mol. The predicted molar refractivity (Wildman–Crippen MR) is 136 cm³/mol. The van der Waals surface area contributed by atoms with Gasteiger partial charge in [-0.2, -0.15) is 5.10 Å². The van der Waals surface area contributed by atoms with E-state index in [1.807, 2.05) is 54.6 Å². The maximum Gasteiger partial charge on any atom is 0.292 e. The molecule has 0 aliphatic rings. The predicted octanol–water partition coefficient (Wildman–Crippen LogP) is 5.53. The fourth-order valence-corrected chi connectivity index (χ4v) is 3.97. The number of para-hydroxylation sites is 1. The second-order valence-corrected chi connectivity index (χ2v) is 8.04. The third-order valence-electron chi connectivity index (χ3n) is 5.75. The standard InChI is InChI=1S/C28H25N3O5/c1-33-24-9-5-8-21(27(24)34-2)17-31-26(14-15-29-31)30-28(32)25-13-12-23(36-25)18-35-22-11-10-19-6-3-4-7-20(19)16-22/h3-16H,17-18H2,1-2H3,(H,30,32). The number of carbonyl (C=O) groups is 1. The van der Waals surface area contributed by atoms with E-state index in [-0.39, 0.29) is 18.3 Å². The molecule has 0 fully saturated rings.